The van der Waals surface area contributed by atoms with Gasteiger partial charge in [0.2, 0.25) is 5.13 Å². The van der Waals surface area contributed by atoms with Crippen molar-refractivity contribution in [2.45, 2.75) is 40.0 Å². The van der Waals surface area contributed by atoms with E-state index in [4.69, 9.17) is 4.74 Å². The summed E-state index contributed by atoms with van der Waals surface area (Å²) in [5.41, 5.74) is 18.9. The molecule has 40 heavy (non-hydrogen) atoms. The van der Waals surface area contributed by atoms with Crippen molar-refractivity contribution < 1.29 is 9.53 Å². The van der Waals surface area contributed by atoms with E-state index in [2.05, 4.69) is 79.4 Å². The molecule has 0 saturated carbocycles. The van der Waals surface area contributed by atoms with Crippen LogP contribution in [0.15, 0.2) is 48.5 Å². The molecule has 0 radical (unpaired) electrons. The molecule has 0 atom stereocenters. The smallest absolute Gasteiger partial charge is 0.312 e. The number of thiophene rings is 1. The molecule has 1 saturated heterocycles. The predicted molar refractivity (Wildman–Crippen MR) is 166 cm³/mol. The monoisotopic (exact) mass is 578 g/mol. The van der Waals surface area contributed by atoms with Gasteiger partial charge in [0, 0.05) is 18.8 Å². The summed E-state index contributed by atoms with van der Waals surface area (Å²) in [7, 11) is 0. The van der Waals surface area contributed by atoms with E-state index in [1.807, 2.05) is 25.1 Å². The van der Waals surface area contributed by atoms with Gasteiger partial charge in [-0.3, -0.25) is 15.6 Å². The summed E-state index contributed by atoms with van der Waals surface area (Å²) in [4.78, 5) is 14.1. The van der Waals surface area contributed by atoms with Gasteiger partial charge >= 0.3 is 5.97 Å². The number of anilines is 7. The lowest BCUT2D eigenvalue weighted by molar-refractivity contribution is -0.142. The number of hydrogen-bond donors (Lipinski definition) is 5. The first kappa shape index (κ1) is 27.5. The number of esters is 1. The molecule has 2 aromatic heterocycles. The summed E-state index contributed by atoms with van der Waals surface area (Å²) >= 11 is 3.11. The second-order valence-electron chi connectivity index (χ2n) is 9.50. The third kappa shape index (κ3) is 7.13. The molecule has 5 N–H and O–H groups in total. The second-order valence-corrected chi connectivity index (χ2v) is 11.6. The molecule has 0 bridgehead atoms. The van der Waals surface area contributed by atoms with Crippen molar-refractivity contribution in [2.75, 3.05) is 51.6 Å². The maximum atomic E-state index is 11.6. The minimum Gasteiger partial charge on any atom is -0.466 e. The molecule has 1 aliphatic heterocycles. The fourth-order valence-corrected chi connectivity index (χ4v) is 6.04. The van der Waals surface area contributed by atoms with Gasteiger partial charge in [-0.25, -0.2) is 0 Å². The van der Waals surface area contributed by atoms with Crippen LogP contribution < -0.4 is 31.9 Å². The molecule has 4 aromatic rings. The Labute approximate surface area is 242 Å². The zero-order chi connectivity index (χ0) is 27.9. The average Bonchev–Trinajstić information content (AvgIpc) is 3.71. The van der Waals surface area contributed by atoms with Gasteiger partial charge in [-0.2, -0.15) is 0 Å². The fourth-order valence-electron chi connectivity index (χ4n) is 4.38. The van der Waals surface area contributed by atoms with Gasteiger partial charge in [0.1, 0.15) is 5.01 Å². The van der Waals surface area contributed by atoms with Crippen LogP contribution in [0.25, 0.3) is 0 Å². The molecule has 3 heterocycles. The van der Waals surface area contributed by atoms with Crippen molar-refractivity contribution >= 4 is 66.5 Å². The van der Waals surface area contributed by atoms with Crippen LogP contribution >= 0.6 is 22.7 Å². The highest BCUT2D eigenvalue weighted by Gasteiger charge is 2.14. The molecule has 0 aliphatic carbocycles. The number of aromatic nitrogens is 2. The van der Waals surface area contributed by atoms with Crippen LogP contribution in [0.4, 0.5) is 37.9 Å². The Morgan fingerprint density at radius 2 is 1.57 bits per heavy atom. The highest BCUT2D eigenvalue weighted by Crippen LogP contribution is 2.34. The maximum absolute atomic E-state index is 11.6. The molecule has 210 valence electrons. The van der Waals surface area contributed by atoms with Crippen molar-refractivity contribution in [3.63, 3.8) is 0 Å². The third-order valence-electron chi connectivity index (χ3n) is 6.44. The van der Waals surface area contributed by atoms with Gasteiger partial charge in [0.15, 0.2) is 0 Å². The number of nitrogens with one attached hydrogen (secondary N) is 5. The first-order valence-electron chi connectivity index (χ1n) is 13.3. The first-order valence-corrected chi connectivity index (χ1v) is 15.0. The second kappa shape index (κ2) is 12.9. The molecule has 0 spiro atoms. The number of hydrazine groups is 2. The molecule has 12 heteroatoms. The van der Waals surface area contributed by atoms with Gasteiger partial charge in [-0.05, 0) is 93.3 Å². The van der Waals surface area contributed by atoms with Gasteiger partial charge in [-0.1, -0.05) is 11.3 Å². The standard InChI is InChI=1S/C28H34N8O2S2/c1-4-38-27(37)17-25-33-35-28(40-25)34-32-23-10-8-21(16-19(23)3)30-31-22-9-7-20(15-18(22)2)29-24-11-12-26(39-24)36-13-5-6-14-36/h7-12,15-16,29-32H,4-6,13-14,17H2,1-3H3,(H,34,35). The SMILES string of the molecule is CCOC(=O)Cc1nnc(NNc2ccc(NNc3ccc(Nc4ccc(N5CCCC5)s4)cc3C)cc2C)s1. The van der Waals surface area contributed by atoms with Crippen LogP contribution in [0.2, 0.25) is 0 Å². The highest BCUT2D eigenvalue weighted by atomic mass is 32.1. The largest absolute Gasteiger partial charge is 0.466 e. The van der Waals surface area contributed by atoms with Crippen molar-refractivity contribution in [2.24, 2.45) is 0 Å². The van der Waals surface area contributed by atoms with E-state index in [0.29, 0.717) is 16.7 Å². The number of nitrogens with zero attached hydrogens (tertiary/aromatic N) is 3. The third-order valence-corrected chi connectivity index (χ3v) is 8.34. The summed E-state index contributed by atoms with van der Waals surface area (Å²) < 4.78 is 4.96. The highest BCUT2D eigenvalue weighted by molar-refractivity contribution is 7.20. The molecular formula is C28H34N8O2S2. The lowest BCUT2D eigenvalue weighted by atomic mass is 10.1. The van der Waals surface area contributed by atoms with Crippen molar-refractivity contribution in [1.82, 2.24) is 10.2 Å². The average molecular weight is 579 g/mol. The molecule has 5 rings (SSSR count). The van der Waals surface area contributed by atoms with Crippen molar-refractivity contribution in [1.29, 1.82) is 0 Å². The molecule has 0 amide bonds. The normalized spacial score (nSPS) is 12.7. The summed E-state index contributed by atoms with van der Waals surface area (Å²) in [5.74, 6) is -0.307. The van der Waals surface area contributed by atoms with E-state index >= 15 is 0 Å². The van der Waals surface area contributed by atoms with E-state index in [-0.39, 0.29) is 12.4 Å². The molecule has 1 fully saturated rings. The van der Waals surface area contributed by atoms with Crippen LogP contribution in [0.3, 0.4) is 0 Å². The van der Waals surface area contributed by atoms with E-state index in [0.717, 1.165) is 52.0 Å². The zero-order valence-electron chi connectivity index (χ0n) is 22.8. The zero-order valence-corrected chi connectivity index (χ0v) is 24.5. The summed E-state index contributed by atoms with van der Waals surface area (Å²) in [6.45, 7) is 8.56. The number of rotatable bonds is 12. The van der Waals surface area contributed by atoms with Gasteiger partial charge < -0.3 is 25.8 Å². The molecule has 10 nitrogen and oxygen atoms in total. The minimum atomic E-state index is -0.307. The number of carbonyl (C=O) groups excluding carboxylic acids is 1. The van der Waals surface area contributed by atoms with E-state index in [1.165, 1.54) is 29.2 Å². The molecule has 1 aliphatic rings. The number of hydrogen-bond acceptors (Lipinski definition) is 12. The number of ether oxygens (including phenoxy) is 1. The molecule has 2 aromatic carbocycles. The van der Waals surface area contributed by atoms with Crippen LogP contribution in [-0.4, -0.2) is 35.9 Å². The molecular weight excluding hydrogens is 544 g/mol. The maximum Gasteiger partial charge on any atom is 0.312 e. The van der Waals surface area contributed by atoms with E-state index in [9.17, 15) is 4.79 Å². The summed E-state index contributed by atoms with van der Waals surface area (Å²) in [5, 5.41) is 15.3. The van der Waals surface area contributed by atoms with Crippen LogP contribution in [0.1, 0.15) is 35.9 Å². The van der Waals surface area contributed by atoms with E-state index < -0.39 is 0 Å². The quantitative estimate of drug-likeness (QED) is 0.0937. The minimum absolute atomic E-state index is 0.118. The van der Waals surface area contributed by atoms with Gasteiger partial charge in [0.25, 0.3) is 0 Å². The lowest BCUT2D eigenvalue weighted by Gasteiger charge is -2.16. The van der Waals surface area contributed by atoms with Gasteiger partial charge in [0.05, 0.1) is 40.1 Å². The number of carbonyl (C=O) groups is 1. The van der Waals surface area contributed by atoms with Crippen molar-refractivity contribution in [3.8, 4) is 0 Å². The summed E-state index contributed by atoms with van der Waals surface area (Å²) in [6, 6.07) is 16.7. The van der Waals surface area contributed by atoms with Gasteiger partial charge in [-0.15, -0.1) is 21.5 Å². The topological polar surface area (TPSA) is 115 Å². The Morgan fingerprint density at radius 1 is 0.875 bits per heavy atom. The Morgan fingerprint density at radius 3 is 2.30 bits per heavy atom. The fraction of sp³-hybridized carbons (Fsp3) is 0.321. The van der Waals surface area contributed by atoms with E-state index in [1.54, 1.807) is 18.3 Å². The Bertz CT molecular complexity index is 1450. The first-order chi connectivity index (χ1) is 19.5. The van der Waals surface area contributed by atoms with Crippen molar-refractivity contribution in [3.05, 3.63) is 64.7 Å². The Balaban J connectivity index is 1.11. The van der Waals surface area contributed by atoms with Crippen LogP contribution in [-0.2, 0) is 16.0 Å². The summed E-state index contributed by atoms with van der Waals surface area (Å²) in [6.07, 6.45) is 2.69. The van der Waals surface area contributed by atoms with Crippen LogP contribution in [0, 0.1) is 13.8 Å². The lowest BCUT2D eigenvalue weighted by Crippen LogP contribution is -2.15. The van der Waals surface area contributed by atoms with Crippen LogP contribution in [0.5, 0.6) is 0 Å². The number of benzene rings is 2. The Hall–Kier alpha value is -4.03. The number of aryl methyl sites for hydroxylation is 2. The predicted octanol–water partition coefficient (Wildman–Crippen LogP) is 6.54. The molecule has 0 unspecified atom stereocenters. The Kier molecular flexibility index (Phi) is 8.87.